The van der Waals surface area contributed by atoms with Crippen molar-refractivity contribution in [2.45, 2.75) is 51.2 Å². The van der Waals surface area contributed by atoms with Crippen LogP contribution < -0.4 is 0 Å². The lowest BCUT2D eigenvalue weighted by atomic mass is 9.76. The van der Waals surface area contributed by atoms with Crippen molar-refractivity contribution in [3.05, 3.63) is 48.1 Å². The van der Waals surface area contributed by atoms with E-state index in [9.17, 15) is 15.0 Å². The number of ether oxygens (including phenoxy) is 1. The Morgan fingerprint density at radius 3 is 2.50 bits per heavy atom. The Morgan fingerprint density at radius 2 is 1.83 bits per heavy atom. The number of cyclic esters (lactones) is 1. The molecule has 2 rings (SSSR count). The minimum absolute atomic E-state index is 0.00672. The highest BCUT2D eigenvalue weighted by molar-refractivity contribution is 5.90. The van der Waals surface area contributed by atoms with Gasteiger partial charge in [0.2, 0.25) is 0 Å². The molecule has 1 aliphatic heterocycles. The minimum atomic E-state index is -0.935. The van der Waals surface area contributed by atoms with Crippen LogP contribution in [0.1, 0.15) is 39.5 Å². The van der Waals surface area contributed by atoms with E-state index in [-0.39, 0.29) is 17.8 Å². The second-order valence-corrected chi connectivity index (χ2v) is 7.36. The fourth-order valence-corrected chi connectivity index (χ4v) is 3.29. The minimum Gasteiger partial charge on any atom is -0.462 e. The molecule has 0 aromatic carbocycles. The number of hydrogen-bond donors (Lipinski definition) is 2. The van der Waals surface area contributed by atoms with Crippen LogP contribution in [0.5, 0.6) is 0 Å². The number of carbonyl (C=O) groups is 1. The summed E-state index contributed by atoms with van der Waals surface area (Å²) in [6.45, 7) is 11.8. The van der Waals surface area contributed by atoms with Crippen molar-refractivity contribution < 1.29 is 19.7 Å². The van der Waals surface area contributed by atoms with Gasteiger partial charge in [0.1, 0.15) is 0 Å². The van der Waals surface area contributed by atoms with Crippen LogP contribution in [0.25, 0.3) is 0 Å². The Hall–Kier alpha value is -1.65. The van der Waals surface area contributed by atoms with Crippen molar-refractivity contribution in [1.82, 2.24) is 0 Å². The molecule has 0 aromatic heterocycles. The van der Waals surface area contributed by atoms with Gasteiger partial charge in [0, 0.05) is 17.4 Å². The van der Waals surface area contributed by atoms with Crippen molar-refractivity contribution in [2.75, 3.05) is 6.61 Å². The third-order valence-corrected chi connectivity index (χ3v) is 4.81. The predicted molar refractivity (Wildman–Crippen MR) is 94.2 cm³/mol. The maximum Gasteiger partial charge on any atom is 0.334 e. The summed E-state index contributed by atoms with van der Waals surface area (Å²) in [5.41, 5.74) is 1.50. The largest absolute Gasteiger partial charge is 0.462 e. The smallest absolute Gasteiger partial charge is 0.334 e. The molecule has 24 heavy (non-hydrogen) atoms. The summed E-state index contributed by atoms with van der Waals surface area (Å²) in [7, 11) is 0. The van der Waals surface area contributed by atoms with E-state index in [1.165, 1.54) is 0 Å². The topological polar surface area (TPSA) is 66.8 Å². The van der Waals surface area contributed by atoms with Gasteiger partial charge in [-0.25, -0.2) is 4.79 Å². The lowest BCUT2D eigenvalue weighted by Gasteiger charge is -2.33. The summed E-state index contributed by atoms with van der Waals surface area (Å²) in [5.74, 6) is -0.232. The van der Waals surface area contributed by atoms with Gasteiger partial charge < -0.3 is 14.9 Å². The molecular weight excluding hydrogens is 304 g/mol. The van der Waals surface area contributed by atoms with Crippen molar-refractivity contribution in [3.8, 4) is 0 Å². The first kappa shape index (κ1) is 18.7. The number of aliphatic hydroxyl groups excluding tert-OH is 1. The van der Waals surface area contributed by atoms with E-state index >= 15 is 0 Å². The van der Waals surface area contributed by atoms with E-state index in [1.807, 2.05) is 0 Å². The van der Waals surface area contributed by atoms with Gasteiger partial charge in [-0.1, -0.05) is 37.0 Å². The first-order valence-corrected chi connectivity index (χ1v) is 8.51. The Kier molecular flexibility index (Phi) is 5.83. The van der Waals surface area contributed by atoms with Crippen LogP contribution in [0.3, 0.4) is 0 Å². The lowest BCUT2D eigenvalue weighted by Crippen LogP contribution is -2.34. The number of fused-ring (bicyclic) bond motifs is 1. The first-order valence-electron chi connectivity index (χ1n) is 8.51. The van der Waals surface area contributed by atoms with E-state index in [0.717, 1.165) is 17.6 Å². The molecule has 4 heteroatoms. The maximum atomic E-state index is 12.3. The van der Waals surface area contributed by atoms with Gasteiger partial charge in [-0.15, -0.1) is 0 Å². The quantitative estimate of drug-likeness (QED) is 0.463. The van der Waals surface area contributed by atoms with E-state index < -0.39 is 11.7 Å². The third kappa shape index (κ3) is 4.68. The number of aliphatic hydroxyl groups is 2. The molecule has 2 N–H and O–H groups in total. The molecule has 0 radical (unpaired) electrons. The van der Waals surface area contributed by atoms with Crippen molar-refractivity contribution >= 4 is 5.97 Å². The summed E-state index contributed by atoms with van der Waals surface area (Å²) in [5, 5.41) is 19.9. The molecule has 2 fully saturated rings. The van der Waals surface area contributed by atoms with Gasteiger partial charge in [0.05, 0.1) is 18.3 Å². The van der Waals surface area contributed by atoms with Crippen LogP contribution in [-0.2, 0) is 9.53 Å². The summed E-state index contributed by atoms with van der Waals surface area (Å²) >= 11 is 0. The van der Waals surface area contributed by atoms with E-state index in [0.29, 0.717) is 31.4 Å². The average molecular weight is 332 g/mol. The molecule has 132 valence electrons. The SMILES string of the molecule is C=C1CCC2/C(=C/C=C/C(C)(C)O)C(=O)OC[C@H]2C(=C)CC[C@@H]1O. The summed E-state index contributed by atoms with van der Waals surface area (Å²) in [6, 6.07) is 0. The monoisotopic (exact) mass is 332 g/mol. The van der Waals surface area contributed by atoms with Gasteiger partial charge in [-0.3, -0.25) is 0 Å². The molecule has 4 nitrogen and oxygen atoms in total. The zero-order valence-electron chi connectivity index (χ0n) is 14.6. The van der Waals surface area contributed by atoms with Crippen LogP contribution in [0, 0.1) is 11.8 Å². The Balaban J connectivity index is 2.30. The van der Waals surface area contributed by atoms with Crippen LogP contribution >= 0.6 is 0 Å². The predicted octanol–water partition coefficient (Wildman–Crippen LogP) is 3.08. The maximum absolute atomic E-state index is 12.3. The highest BCUT2D eigenvalue weighted by atomic mass is 16.5. The zero-order valence-corrected chi connectivity index (χ0v) is 14.6. The lowest BCUT2D eigenvalue weighted by molar-refractivity contribution is -0.144. The van der Waals surface area contributed by atoms with Gasteiger partial charge in [0.15, 0.2) is 0 Å². The Labute approximate surface area is 144 Å². The summed E-state index contributed by atoms with van der Waals surface area (Å²) in [6.07, 6.45) is 7.30. The normalized spacial score (nSPS) is 31.4. The highest BCUT2D eigenvalue weighted by Gasteiger charge is 2.37. The molecule has 1 unspecified atom stereocenters. The number of carbonyl (C=O) groups excluding carboxylic acids is 1. The van der Waals surface area contributed by atoms with Crippen LogP contribution in [0.4, 0.5) is 0 Å². The zero-order chi connectivity index (χ0) is 17.9. The van der Waals surface area contributed by atoms with Crippen LogP contribution in [-0.4, -0.2) is 34.5 Å². The molecule has 2 aliphatic rings. The van der Waals surface area contributed by atoms with E-state index in [4.69, 9.17) is 4.74 Å². The van der Waals surface area contributed by atoms with Crippen LogP contribution in [0.15, 0.2) is 48.1 Å². The van der Waals surface area contributed by atoms with Gasteiger partial charge in [-0.05, 0) is 45.1 Å². The fraction of sp³-hybridized carbons (Fsp3) is 0.550. The second-order valence-electron chi connectivity index (χ2n) is 7.36. The molecular formula is C20H28O4. The van der Waals surface area contributed by atoms with Gasteiger partial charge in [0.25, 0.3) is 0 Å². The highest BCUT2D eigenvalue weighted by Crippen LogP contribution is 2.39. The number of esters is 1. The van der Waals surface area contributed by atoms with E-state index in [1.54, 1.807) is 32.1 Å². The molecule has 1 heterocycles. The average Bonchev–Trinajstić information content (AvgIpc) is 2.54. The standard InChI is InChI=1S/C20H28O4/c1-13-8-10-18(21)14(2)7-9-15-16(6-5-11-20(3,4)23)19(22)24-12-17(13)15/h5-6,11,15,17-18,21,23H,1-2,7-10,12H2,3-4H3/b11-5+,16-6-/t15?,17-,18-/m0/s1. The van der Waals surface area contributed by atoms with E-state index in [2.05, 4.69) is 13.2 Å². The van der Waals surface area contributed by atoms with Crippen molar-refractivity contribution in [1.29, 1.82) is 0 Å². The Morgan fingerprint density at radius 1 is 1.17 bits per heavy atom. The number of rotatable bonds is 2. The molecule has 0 bridgehead atoms. The molecule has 1 aliphatic carbocycles. The molecule has 0 aromatic rings. The first-order chi connectivity index (χ1) is 11.2. The number of hydrogen-bond acceptors (Lipinski definition) is 4. The van der Waals surface area contributed by atoms with Crippen molar-refractivity contribution in [3.63, 3.8) is 0 Å². The summed E-state index contributed by atoms with van der Waals surface area (Å²) in [4.78, 5) is 12.3. The molecule has 0 amide bonds. The molecule has 1 saturated heterocycles. The summed E-state index contributed by atoms with van der Waals surface area (Å²) < 4.78 is 5.35. The van der Waals surface area contributed by atoms with Crippen molar-refractivity contribution in [2.24, 2.45) is 11.8 Å². The third-order valence-electron chi connectivity index (χ3n) is 4.81. The Bertz CT molecular complexity index is 577. The van der Waals surface area contributed by atoms with Gasteiger partial charge in [-0.2, -0.15) is 0 Å². The molecule has 1 saturated carbocycles. The van der Waals surface area contributed by atoms with Crippen LogP contribution in [0.2, 0.25) is 0 Å². The second kappa shape index (κ2) is 7.49. The number of allylic oxidation sites excluding steroid dienone is 2. The fourth-order valence-electron chi connectivity index (χ4n) is 3.29. The molecule has 0 spiro atoms. The van der Waals surface area contributed by atoms with Gasteiger partial charge >= 0.3 is 5.97 Å². The molecule has 3 atom stereocenters.